The maximum atomic E-state index is 13.1. The molecule has 1 aromatic rings. The van der Waals surface area contributed by atoms with Crippen molar-refractivity contribution in [1.82, 2.24) is 10.6 Å². The molecule has 9 heteroatoms. The average Bonchev–Trinajstić information content (AvgIpc) is 3.22. The van der Waals surface area contributed by atoms with Gasteiger partial charge in [0.15, 0.2) is 5.96 Å². The molecule has 1 amide bonds. The predicted octanol–water partition coefficient (Wildman–Crippen LogP) is 2.23. The molecular formula is C21H34FIN4O3. The summed E-state index contributed by atoms with van der Waals surface area (Å²) in [5.41, 5.74) is 6.38. The van der Waals surface area contributed by atoms with Crippen molar-refractivity contribution >= 4 is 35.8 Å². The smallest absolute Gasteiger partial charge is 0.222 e. The molecule has 7 nitrogen and oxygen atoms in total. The zero-order valence-electron chi connectivity index (χ0n) is 17.6. The number of nitrogens with two attached hydrogens (primary N) is 1. The Morgan fingerprint density at radius 2 is 2.13 bits per heavy atom. The number of nitrogens with one attached hydrogen (secondary N) is 2. The zero-order valence-corrected chi connectivity index (χ0v) is 19.9. The number of carbonyl (C=O) groups excluding carboxylic acids is 1. The van der Waals surface area contributed by atoms with Crippen LogP contribution in [0.1, 0.15) is 31.7 Å². The topological polar surface area (TPSA) is 98.0 Å². The number of ether oxygens (including phenoxy) is 2. The van der Waals surface area contributed by atoms with Crippen LogP contribution >= 0.6 is 24.0 Å². The summed E-state index contributed by atoms with van der Waals surface area (Å²) in [6, 6.07) is 6.08. The lowest BCUT2D eigenvalue weighted by Crippen LogP contribution is -2.39. The molecule has 170 valence electrons. The third kappa shape index (κ3) is 10.5. The highest BCUT2D eigenvalue weighted by molar-refractivity contribution is 14.0. The van der Waals surface area contributed by atoms with Crippen LogP contribution in [0.4, 0.5) is 4.39 Å². The number of nitrogens with zero attached hydrogens (tertiary/aromatic N) is 1. The lowest BCUT2D eigenvalue weighted by molar-refractivity contribution is -0.121. The fourth-order valence-electron chi connectivity index (χ4n) is 3.07. The van der Waals surface area contributed by atoms with Crippen LogP contribution in [0.15, 0.2) is 29.3 Å². The number of aliphatic imine (C=N–C) groups is 1. The standard InChI is InChI=1S/C21H33FN4O3.HI/c1-2-24-21(25-10-4-11-28-15-19-5-3-12-29-19)26-14-17(20(23)27)13-16-6-8-18(22)9-7-16;/h6-9,17,19H,2-5,10-15H2,1H3,(H2,23,27)(H2,24,25,26);1H. The minimum Gasteiger partial charge on any atom is -0.379 e. The maximum Gasteiger partial charge on any atom is 0.222 e. The molecule has 0 spiro atoms. The summed E-state index contributed by atoms with van der Waals surface area (Å²) < 4.78 is 24.2. The number of carbonyl (C=O) groups is 1. The minimum absolute atomic E-state index is 0. The van der Waals surface area contributed by atoms with Gasteiger partial charge in [-0.05, 0) is 50.3 Å². The first kappa shape index (κ1) is 26.6. The van der Waals surface area contributed by atoms with Gasteiger partial charge in [-0.1, -0.05) is 12.1 Å². The number of amides is 1. The highest BCUT2D eigenvalue weighted by Crippen LogP contribution is 2.12. The number of hydrogen-bond donors (Lipinski definition) is 3. The molecule has 1 aliphatic rings. The normalized spacial score (nSPS) is 17.3. The van der Waals surface area contributed by atoms with E-state index in [1.54, 1.807) is 12.1 Å². The third-order valence-corrected chi connectivity index (χ3v) is 4.70. The summed E-state index contributed by atoms with van der Waals surface area (Å²) in [6.45, 7) is 5.80. The van der Waals surface area contributed by atoms with Gasteiger partial charge in [-0.15, -0.1) is 24.0 Å². The molecular weight excluding hydrogens is 502 g/mol. The van der Waals surface area contributed by atoms with E-state index < -0.39 is 11.8 Å². The molecule has 2 rings (SSSR count). The van der Waals surface area contributed by atoms with Crippen LogP contribution in [0.2, 0.25) is 0 Å². The Morgan fingerprint density at radius 1 is 1.37 bits per heavy atom. The van der Waals surface area contributed by atoms with Crippen LogP contribution in [0, 0.1) is 11.7 Å². The molecule has 0 aromatic heterocycles. The van der Waals surface area contributed by atoms with E-state index in [4.69, 9.17) is 15.2 Å². The molecule has 0 aliphatic carbocycles. The summed E-state index contributed by atoms with van der Waals surface area (Å²) in [4.78, 5) is 16.3. The fraction of sp³-hybridized carbons (Fsp3) is 0.619. The van der Waals surface area contributed by atoms with Crippen LogP contribution in [0.5, 0.6) is 0 Å². The Balaban J connectivity index is 0.00000450. The Labute approximate surface area is 195 Å². The van der Waals surface area contributed by atoms with Crippen molar-refractivity contribution in [1.29, 1.82) is 0 Å². The van der Waals surface area contributed by atoms with Gasteiger partial charge in [0.1, 0.15) is 5.82 Å². The number of benzene rings is 1. The van der Waals surface area contributed by atoms with Crippen molar-refractivity contribution in [3.63, 3.8) is 0 Å². The van der Waals surface area contributed by atoms with Gasteiger partial charge in [0.25, 0.3) is 0 Å². The molecule has 0 saturated carbocycles. The highest BCUT2D eigenvalue weighted by atomic mass is 127. The minimum atomic E-state index is -0.453. The SMILES string of the molecule is CCNC(=NCC(Cc1ccc(F)cc1)C(N)=O)NCCCOCC1CCCO1.I. The monoisotopic (exact) mass is 536 g/mol. The second-order valence-corrected chi connectivity index (χ2v) is 7.14. The molecule has 1 fully saturated rings. The molecule has 1 aromatic carbocycles. The van der Waals surface area contributed by atoms with Gasteiger partial charge >= 0.3 is 0 Å². The Hall–Kier alpha value is -1.46. The second kappa shape index (κ2) is 15.4. The average molecular weight is 536 g/mol. The van der Waals surface area contributed by atoms with Crippen molar-refractivity contribution in [2.75, 3.05) is 39.5 Å². The van der Waals surface area contributed by atoms with E-state index >= 15 is 0 Å². The predicted molar refractivity (Wildman–Crippen MR) is 127 cm³/mol. The number of halogens is 2. The Kier molecular flexibility index (Phi) is 13.6. The molecule has 0 radical (unpaired) electrons. The highest BCUT2D eigenvalue weighted by Gasteiger charge is 2.17. The first-order valence-corrected chi connectivity index (χ1v) is 10.3. The van der Waals surface area contributed by atoms with Crippen molar-refractivity contribution < 1.29 is 18.7 Å². The maximum absolute atomic E-state index is 13.1. The van der Waals surface area contributed by atoms with Gasteiger partial charge in [-0.2, -0.15) is 0 Å². The van der Waals surface area contributed by atoms with Crippen LogP contribution < -0.4 is 16.4 Å². The van der Waals surface area contributed by atoms with Crippen molar-refractivity contribution in [3.05, 3.63) is 35.6 Å². The van der Waals surface area contributed by atoms with Gasteiger partial charge in [0.05, 0.1) is 25.2 Å². The van der Waals surface area contributed by atoms with E-state index in [2.05, 4.69) is 15.6 Å². The van der Waals surface area contributed by atoms with Gasteiger partial charge in [0.2, 0.25) is 5.91 Å². The van der Waals surface area contributed by atoms with E-state index in [0.29, 0.717) is 38.7 Å². The van der Waals surface area contributed by atoms with E-state index in [-0.39, 0.29) is 42.4 Å². The number of rotatable bonds is 12. The van der Waals surface area contributed by atoms with Crippen molar-refractivity contribution in [2.45, 2.75) is 38.7 Å². The van der Waals surface area contributed by atoms with Gasteiger partial charge in [0, 0.05) is 26.3 Å². The van der Waals surface area contributed by atoms with Gasteiger partial charge in [-0.3, -0.25) is 9.79 Å². The second-order valence-electron chi connectivity index (χ2n) is 7.14. The summed E-state index contributed by atoms with van der Waals surface area (Å²) in [7, 11) is 0. The van der Waals surface area contributed by atoms with E-state index in [1.807, 2.05) is 6.92 Å². The number of guanidine groups is 1. The van der Waals surface area contributed by atoms with Crippen LogP contribution in [0.3, 0.4) is 0 Å². The summed E-state index contributed by atoms with van der Waals surface area (Å²) in [5.74, 6) is -0.542. The van der Waals surface area contributed by atoms with Gasteiger partial charge < -0.3 is 25.8 Å². The first-order valence-electron chi connectivity index (χ1n) is 10.3. The molecule has 1 heterocycles. The fourth-order valence-corrected chi connectivity index (χ4v) is 3.07. The molecule has 0 bridgehead atoms. The Bertz CT molecular complexity index is 640. The molecule has 1 saturated heterocycles. The van der Waals surface area contributed by atoms with E-state index in [9.17, 15) is 9.18 Å². The van der Waals surface area contributed by atoms with Crippen molar-refractivity contribution in [2.24, 2.45) is 16.6 Å². The molecule has 30 heavy (non-hydrogen) atoms. The molecule has 4 N–H and O–H groups in total. The van der Waals surface area contributed by atoms with Crippen LogP contribution in [0.25, 0.3) is 0 Å². The molecule has 2 unspecified atom stereocenters. The lowest BCUT2D eigenvalue weighted by atomic mass is 9.99. The summed E-state index contributed by atoms with van der Waals surface area (Å²) in [5, 5.41) is 6.40. The van der Waals surface area contributed by atoms with E-state index in [0.717, 1.165) is 31.4 Å². The Morgan fingerprint density at radius 3 is 2.77 bits per heavy atom. The lowest BCUT2D eigenvalue weighted by Gasteiger charge is -2.15. The molecule has 1 aliphatic heterocycles. The first-order chi connectivity index (χ1) is 14.1. The third-order valence-electron chi connectivity index (χ3n) is 4.70. The summed E-state index contributed by atoms with van der Waals surface area (Å²) in [6.07, 6.45) is 3.70. The number of hydrogen-bond acceptors (Lipinski definition) is 4. The van der Waals surface area contributed by atoms with Crippen LogP contribution in [-0.2, 0) is 20.7 Å². The van der Waals surface area contributed by atoms with Crippen LogP contribution in [-0.4, -0.2) is 57.4 Å². The molecule has 2 atom stereocenters. The van der Waals surface area contributed by atoms with Gasteiger partial charge in [-0.25, -0.2) is 4.39 Å². The number of primary amides is 1. The largest absolute Gasteiger partial charge is 0.379 e. The summed E-state index contributed by atoms with van der Waals surface area (Å²) >= 11 is 0. The van der Waals surface area contributed by atoms with Crippen molar-refractivity contribution in [3.8, 4) is 0 Å². The van der Waals surface area contributed by atoms with E-state index in [1.165, 1.54) is 12.1 Å². The zero-order chi connectivity index (χ0) is 20.9. The quantitative estimate of drug-likeness (QED) is 0.165.